The van der Waals surface area contributed by atoms with Gasteiger partial charge in [0.2, 0.25) is 10.0 Å². The Kier molecular flexibility index (Phi) is 3.96. The fourth-order valence-corrected chi connectivity index (χ4v) is 3.97. The van der Waals surface area contributed by atoms with Crippen LogP contribution in [-0.4, -0.2) is 38.1 Å². The number of hydrogen-bond donors (Lipinski definition) is 1. The van der Waals surface area contributed by atoms with Crippen LogP contribution in [-0.2, 0) is 16.6 Å². The molecule has 0 aliphatic carbocycles. The Morgan fingerprint density at radius 3 is 3.00 bits per heavy atom. The molecule has 0 atom stereocenters. The second-order valence-corrected chi connectivity index (χ2v) is 6.75. The Bertz CT molecular complexity index is 414. The number of nitrogens with one attached hydrogen (secondary N) is 1. The van der Waals surface area contributed by atoms with E-state index >= 15 is 0 Å². The average molecular weight is 260 g/mol. The van der Waals surface area contributed by atoms with E-state index in [4.69, 9.17) is 0 Å². The molecule has 0 bridgehead atoms. The Morgan fingerprint density at radius 2 is 2.38 bits per heavy atom. The van der Waals surface area contributed by atoms with Crippen molar-refractivity contribution in [3.63, 3.8) is 0 Å². The molecule has 0 saturated carbocycles. The molecule has 6 heteroatoms. The molecule has 0 aromatic carbocycles. The highest BCUT2D eigenvalue weighted by molar-refractivity contribution is 7.89. The van der Waals surface area contributed by atoms with Crippen molar-refractivity contribution in [2.45, 2.75) is 13.0 Å². The molecular formula is C10H16N2O2S2. The Balaban J connectivity index is 1.69. The van der Waals surface area contributed by atoms with Crippen LogP contribution in [0, 0.1) is 0 Å². The van der Waals surface area contributed by atoms with Crippen molar-refractivity contribution in [1.82, 2.24) is 9.62 Å². The number of rotatable bonds is 5. The van der Waals surface area contributed by atoms with Crippen molar-refractivity contribution in [3.05, 3.63) is 22.4 Å². The van der Waals surface area contributed by atoms with Gasteiger partial charge in [-0.2, -0.15) is 11.3 Å². The van der Waals surface area contributed by atoms with Crippen LogP contribution in [0.2, 0.25) is 0 Å². The van der Waals surface area contributed by atoms with Crippen LogP contribution in [0.4, 0.5) is 0 Å². The van der Waals surface area contributed by atoms with Crippen molar-refractivity contribution in [1.29, 1.82) is 0 Å². The Morgan fingerprint density at radius 1 is 1.50 bits per heavy atom. The molecule has 0 spiro atoms. The summed E-state index contributed by atoms with van der Waals surface area (Å²) in [5.74, 6) is 0.317. The SMILES string of the molecule is O=S1(=O)CCCN1CCNCc1ccsc1. The van der Waals surface area contributed by atoms with Crippen molar-refractivity contribution in [2.75, 3.05) is 25.4 Å². The van der Waals surface area contributed by atoms with Crippen molar-refractivity contribution < 1.29 is 8.42 Å². The number of nitrogens with zero attached hydrogens (tertiary/aromatic N) is 1. The third-order valence-electron chi connectivity index (χ3n) is 2.65. The van der Waals surface area contributed by atoms with Crippen molar-refractivity contribution >= 4 is 21.4 Å². The normalized spacial score (nSPS) is 20.2. The summed E-state index contributed by atoms with van der Waals surface area (Å²) in [6.45, 7) is 2.81. The molecule has 1 fully saturated rings. The van der Waals surface area contributed by atoms with E-state index in [1.807, 2.05) is 5.38 Å². The van der Waals surface area contributed by atoms with E-state index in [-0.39, 0.29) is 0 Å². The van der Waals surface area contributed by atoms with Gasteiger partial charge in [0, 0.05) is 26.2 Å². The van der Waals surface area contributed by atoms with Crippen LogP contribution >= 0.6 is 11.3 Å². The highest BCUT2D eigenvalue weighted by Gasteiger charge is 2.27. The first-order chi connectivity index (χ1) is 7.68. The van der Waals surface area contributed by atoms with Crippen LogP contribution in [0.5, 0.6) is 0 Å². The molecule has 1 N–H and O–H groups in total. The molecule has 0 unspecified atom stereocenters. The van der Waals surface area contributed by atoms with Gasteiger partial charge in [0.25, 0.3) is 0 Å². The third kappa shape index (κ3) is 3.04. The Labute approximate surface area is 100 Å². The van der Waals surface area contributed by atoms with Gasteiger partial charge in [-0.25, -0.2) is 12.7 Å². The second kappa shape index (κ2) is 5.27. The standard InChI is InChI=1S/C10H16N2O2S2/c13-16(14)7-1-4-12(16)5-3-11-8-10-2-6-15-9-10/h2,6,9,11H,1,3-5,7-8H2. The minimum absolute atomic E-state index is 0.317. The number of thiophene rings is 1. The van der Waals surface area contributed by atoms with Gasteiger partial charge in [0.15, 0.2) is 0 Å². The first-order valence-electron chi connectivity index (χ1n) is 5.38. The number of hydrogen-bond acceptors (Lipinski definition) is 4. The molecule has 1 aliphatic rings. The largest absolute Gasteiger partial charge is 0.311 e. The van der Waals surface area contributed by atoms with Crippen molar-refractivity contribution in [3.8, 4) is 0 Å². The fraction of sp³-hybridized carbons (Fsp3) is 0.600. The molecular weight excluding hydrogens is 244 g/mol. The van der Waals surface area contributed by atoms with Gasteiger partial charge in [-0.15, -0.1) is 0 Å². The number of sulfonamides is 1. The predicted octanol–water partition coefficient (Wildman–Crippen LogP) is 0.873. The molecule has 2 rings (SSSR count). The Hall–Kier alpha value is -0.430. The molecule has 4 nitrogen and oxygen atoms in total. The zero-order valence-corrected chi connectivity index (χ0v) is 10.7. The van der Waals surface area contributed by atoms with Gasteiger partial charge in [0.1, 0.15) is 0 Å². The molecule has 1 aromatic heterocycles. The van der Waals surface area contributed by atoms with E-state index < -0.39 is 10.0 Å². The van der Waals surface area contributed by atoms with Gasteiger partial charge in [-0.3, -0.25) is 0 Å². The monoisotopic (exact) mass is 260 g/mol. The van der Waals surface area contributed by atoms with Crippen LogP contribution in [0.3, 0.4) is 0 Å². The summed E-state index contributed by atoms with van der Waals surface area (Å²) in [6, 6.07) is 2.07. The van der Waals surface area contributed by atoms with Gasteiger partial charge in [0.05, 0.1) is 5.75 Å². The summed E-state index contributed by atoms with van der Waals surface area (Å²) < 4.78 is 24.5. The lowest BCUT2D eigenvalue weighted by Gasteiger charge is -2.14. The maximum Gasteiger partial charge on any atom is 0.214 e. The minimum atomic E-state index is -2.93. The van der Waals surface area contributed by atoms with Crippen LogP contribution in [0.25, 0.3) is 0 Å². The predicted molar refractivity (Wildman–Crippen MR) is 66.0 cm³/mol. The summed E-state index contributed by atoms with van der Waals surface area (Å²) in [5, 5.41) is 7.39. The lowest BCUT2D eigenvalue weighted by atomic mass is 10.3. The van der Waals surface area contributed by atoms with Gasteiger partial charge in [-0.1, -0.05) is 0 Å². The fourth-order valence-electron chi connectivity index (χ4n) is 1.77. The highest BCUT2D eigenvalue weighted by atomic mass is 32.2. The third-order valence-corrected chi connectivity index (χ3v) is 5.34. The van der Waals surface area contributed by atoms with E-state index in [9.17, 15) is 8.42 Å². The summed E-state index contributed by atoms with van der Waals surface area (Å²) in [4.78, 5) is 0. The zero-order valence-electron chi connectivity index (χ0n) is 9.05. The topological polar surface area (TPSA) is 49.4 Å². The lowest BCUT2D eigenvalue weighted by molar-refractivity contribution is 0.434. The quantitative estimate of drug-likeness (QED) is 0.799. The molecule has 0 radical (unpaired) electrons. The lowest BCUT2D eigenvalue weighted by Crippen LogP contribution is -2.33. The van der Waals surface area contributed by atoms with E-state index in [0.717, 1.165) is 19.5 Å². The molecule has 1 aromatic rings. The summed E-state index contributed by atoms with van der Waals surface area (Å²) in [5.41, 5.74) is 1.26. The maximum absolute atomic E-state index is 11.5. The minimum Gasteiger partial charge on any atom is -0.311 e. The van der Waals surface area contributed by atoms with E-state index in [1.54, 1.807) is 15.6 Å². The molecule has 16 heavy (non-hydrogen) atoms. The average Bonchev–Trinajstić information content (AvgIpc) is 2.83. The summed E-state index contributed by atoms with van der Waals surface area (Å²) in [7, 11) is -2.93. The van der Waals surface area contributed by atoms with E-state index in [1.165, 1.54) is 5.56 Å². The summed E-state index contributed by atoms with van der Waals surface area (Å²) in [6.07, 6.45) is 0.771. The first kappa shape index (κ1) is 12.0. The van der Waals surface area contributed by atoms with Crippen LogP contribution < -0.4 is 5.32 Å². The van der Waals surface area contributed by atoms with Gasteiger partial charge in [-0.05, 0) is 28.8 Å². The van der Waals surface area contributed by atoms with E-state index in [0.29, 0.717) is 18.8 Å². The summed E-state index contributed by atoms with van der Waals surface area (Å²) >= 11 is 1.68. The molecule has 2 heterocycles. The molecule has 90 valence electrons. The maximum atomic E-state index is 11.5. The van der Waals surface area contributed by atoms with Gasteiger partial charge >= 0.3 is 0 Å². The zero-order chi connectivity index (χ0) is 11.4. The van der Waals surface area contributed by atoms with Crippen LogP contribution in [0.15, 0.2) is 16.8 Å². The molecule has 1 saturated heterocycles. The highest BCUT2D eigenvalue weighted by Crippen LogP contribution is 2.12. The molecule has 1 aliphatic heterocycles. The second-order valence-electron chi connectivity index (χ2n) is 3.88. The van der Waals surface area contributed by atoms with Crippen molar-refractivity contribution in [2.24, 2.45) is 0 Å². The van der Waals surface area contributed by atoms with E-state index in [2.05, 4.69) is 16.8 Å². The first-order valence-corrected chi connectivity index (χ1v) is 7.93. The smallest absolute Gasteiger partial charge is 0.214 e. The van der Waals surface area contributed by atoms with Gasteiger partial charge < -0.3 is 5.32 Å². The van der Waals surface area contributed by atoms with Crippen LogP contribution in [0.1, 0.15) is 12.0 Å². The molecule has 0 amide bonds.